The predicted octanol–water partition coefficient (Wildman–Crippen LogP) is 4.38. The van der Waals surface area contributed by atoms with Crippen molar-refractivity contribution in [2.75, 3.05) is 7.11 Å². The van der Waals surface area contributed by atoms with Crippen molar-refractivity contribution in [3.63, 3.8) is 0 Å². The third-order valence-electron chi connectivity index (χ3n) is 3.23. The molecule has 2 amide bonds. The fourth-order valence-electron chi connectivity index (χ4n) is 2.21. The molecule has 0 aliphatic heterocycles. The molecule has 0 saturated heterocycles. The smallest absolute Gasteiger partial charge is 0.420 e. The van der Waals surface area contributed by atoms with Gasteiger partial charge in [0.15, 0.2) is 0 Å². The van der Waals surface area contributed by atoms with Gasteiger partial charge in [0.05, 0.1) is 7.11 Å². The van der Waals surface area contributed by atoms with Crippen molar-refractivity contribution in [1.82, 2.24) is 4.90 Å². The summed E-state index contributed by atoms with van der Waals surface area (Å²) >= 11 is 0. The normalized spacial score (nSPS) is 13.4. The second kappa shape index (κ2) is 11.2. The van der Waals surface area contributed by atoms with Gasteiger partial charge in [-0.05, 0) is 75.2 Å². The number of allylic oxidation sites excluding steroid dienone is 1. The fraction of sp³-hybridized carbons (Fsp3) is 0.727. The number of hydrogen-bond donors (Lipinski definition) is 0. The van der Waals surface area contributed by atoms with Gasteiger partial charge in [-0.25, -0.2) is 19.2 Å². The number of carbonyl (C=O) groups excluding carboxylic acids is 4. The van der Waals surface area contributed by atoms with E-state index in [4.69, 9.17) is 18.9 Å². The average Bonchev–Trinajstić information content (AvgIpc) is 2.51. The lowest BCUT2D eigenvalue weighted by Crippen LogP contribution is -2.52. The summed E-state index contributed by atoms with van der Waals surface area (Å²) in [6, 6.07) is -1.31. The van der Waals surface area contributed by atoms with Crippen molar-refractivity contribution in [2.24, 2.45) is 0 Å². The quantitative estimate of drug-likeness (QED) is 0.338. The van der Waals surface area contributed by atoms with Crippen molar-refractivity contribution >= 4 is 24.1 Å². The first kappa shape index (κ1) is 28.4. The Morgan fingerprint density at radius 2 is 1.19 bits per heavy atom. The van der Waals surface area contributed by atoms with E-state index in [1.807, 2.05) is 0 Å². The van der Waals surface area contributed by atoms with Crippen LogP contribution in [0.2, 0.25) is 0 Å². The van der Waals surface area contributed by atoms with E-state index in [0.717, 1.165) is 7.11 Å². The molecule has 0 rings (SSSR count). The van der Waals surface area contributed by atoms with Crippen LogP contribution in [-0.2, 0) is 28.5 Å². The Balaban J connectivity index is 5.65. The Hall–Kier alpha value is -2.58. The lowest BCUT2D eigenvalue weighted by Gasteiger charge is -2.32. The highest BCUT2D eigenvalue weighted by molar-refractivity contribution is 5.94. The van der Waals surface area contributed by atoms with Gasteiger partial charge in [0.25, 0.3) is 0 Å². The largest absolute Gasteiger partial charge is 0.467 e. The highest BCUT2D eigenvalue weighted by atomic mass is 16.6. The van der Waals surface area contributed by atoms with Gasteiger partial charge in [0, 0.05) is 6.08 Å². The van der Waals surface area contributed by atoms with Crippen LogP contribution < -0.4 is 0 Å². The standard InChI is InChI=1S/C22H37NO8/c1-20(2,3)29-16(24)14-12-11-13-15(17(25)28-10)23(18(26)30-21(4,5)6)19(27)31-22(7,8)9/h12,14-15H,11,13H2,1-10H3/b14-12+/t15-/m0/s1. The number of imide groups is 1. The summed E-state index contributed by atoms with van der Waals surface area (Å²) in [6.07, 6.45) is 0.824. The number of esters is 2. The fourth-order valence-corrected chi connectivity index (χ4v) is 2.21. The predicted molar refractivity (Wildman–Crippen MR) is 114 cm³/mol. The van der Waals surface area contributed by atoms with Crippen LogP contribution in [0.25, 0.3) is 0 Å². The summed E-state index contributed by atoms with van der Waals surface area (Å²) in [5.41, 5.74) is -2.45. The van der Waals surface area contributed by atoms with Gasteiger partial charge >= 0.3 is 24.1 Å². The molecule has 0 heterocycles. The third-order valence-corrected chi connectivity index (χ3v) is 3.23. The molecule has 0 aromatic heterocycles. The van der Waals surface area contributed by atoms with Crippen LogP contribution in [0.5, 0.6) is 0 Å². The molecule has 0 aliphatic carbocycles. The van der Waals surface area contributed by atoms with Crippen molar-refractivity contribution in [1.29, 1.82) is 0 Å². The number of methoxy groups -OCH3 is 1. The van der Waals surface area contributed by atoms with Crippen LogP contribution in [0, 0.1) is 0 Å². The van der Waals surface area contributed by atoms with Crippen LogP contribution in [-0.4, -0.2) is 59.0 Å². The number of ether oxygens (including phenoxy) is 4. The van der Waals surface area contributed by atoms with Gasteiger partial charge in [-0.15, -0.1) is 0 Å². The molecule has 0 N–H and O–H groups in total. The monoisotopic (exact) mass is 443 g/mol. The zero-order chi connectivity index (χ0) is 24.6. The maximum absolute atomic E-state index is 12.7. The molecule has 1 atom stereocenters. The minimum absolute atomic E-state index is 0.00947. The number of hydrogen-bond acceptors (Lipinski definition) is 8. The van der Waals surface area contributed by atoms with E-state index >= 15 is 0 Å². The van der Waals surface area contributed by atoms with E-state index in [-0.39, 0.29) is 12.8 Å². The SMILES string of the molecule is COC(=O)[C@H](CC/C=C/C(=O)OC(C)(C)C)N(C(=O)OC(C)(C)C)C(=O)OC(C)(C)C. The number of nitrogens with zero attached hydrogens (tertiary/aromatic N) is 1. The Labute approximate surface area is 185 Å². The van der Waals surface area contributed by atoms with Gasteiger partial charge in [-0.3, -0.25) is 0 Å². The Morgan fingerprint density at radius 3 is 1.55 bits per heavy atom. The molecule has 0 radical (unpaired) electrons. The summed E-state index contributed by atoms with van der Waals surface area (Å²) in [7, 11) is 1.15. The maximum Gasteiger partial charge on any atom is 0.420 e. The number of rotatable bonds is 6. The number of amides is 2. The summed E-state index contributed by atoms with van der Waals surface area (Å²) in [4.78, 5) is 50.3. The molecular formula is C22H37NO8. The summed E-state index contributed by atoms with van der Waals surface area (Å²) in [5.74, 6) is -1.36. The zero-order valence-electron chi connectivity index (χ0n) is 20.4. The van der Waals surface area contributed by atoms with E-state index in [1.54, 1.807) is 62.3 Å². The lowest BCUT2D eigenvalue weighted by molar-refractivity contribution is -0.148. The summed E-state index contributed by atoms with van der Waals surface area (Å²) < 4.78 is 20.6. The third kappa shape index (κ3) is 12.7. The summed E-state index contributed by atoms with van der Waals surface area (Å²) in [6.45, 7) is 15.0. The van der Waals surface area contributed by atoms with Gasteiger partial charge in [0.1, 0.15) is 22.8 Å². The molecule has 178 valence electrons. The van der Waals surface area contributed by atoms with E-state index in [2.05, 4.69) is 0 Å². The molecule has 0 spiro atoms. The minimum atomic E-state index is -1.31. The molecule has 31 heavy (non-hydrogen) atoms. The first-order chi connectivity index (χ1) is 13.9. The molecule has 0 saturated carbocycles. The van der Waals surface area contributed by atoms with E-state index in [1.165, 1.54) is 12.2 Å². The van der Waals surface area contributed by atoms with Crippen molar-refractivity contribution in [3.05, 3.63) is 12.2 Å². The van der Waals surface area contributed by atoms with E-state index in [0.29, 0.717) is 4.90 Å². The van der Waals surface area contributed by atoms with E-state index in [9.17, 15) is 19.2 Å². The molecule has 0 unspecified atom stereocenters. The van der Waals surface area contributed by atoms with E-state index < -0.39 is 47.0 Å². The molecule has 0 bridgehead atoms. The first-order valence-electron chi connectivity index (χ1n) is 10.1. The second-order valence-electron chi connectivity index (χ2n) is 9.88. The highest BCUT2D eigenvalue weighted by Crippen LogP contribution is 2.20. The maximum atomic E-state index is 12.7. The molecule has 0 aromatic carbocycles. The highest BCUT2D eigenvalue weighted by Gasteiger charge is 2.40. The van der Waals surface area contributed by atoms with Crippen LogP contribution in [0.4, 0.5) is 9.59 Å². The average molecular weight is 444 g/mol. The van der Waals surface area contributed by atoms with Gasteiger partial charge in [-0.1, -0.05) is 6.08 Å². The van der Waals surface area contributed by atoms with Gasteiger partial charge in [0.2, 0.25) is 0 Å². The molecule has 9 nitrogen and oxygen atoms in total. The number of carbonyl (C=O) groups is 4. The Morgan fingerprint density at radius 1 is 0.774 bits per heavy atom. The van der Waals surface area contributed by atoms with Crippen molar-refractivity contribution in [2.45, 2.75) is 98.0 Å². The Bertz CT molecular complexity index is 649. The molecular weight excluding hydrogens is 406 g/mol. The van der Waals surface area contributed by atoms with Crippen LogP contribution in [0.3, 0.4) is 0 Å². The minimum Gasteiger partial charge on any atom is -0.467 e. The van der Waals surface area contributed by atoms with Crippen LogP contribution in [0.1, 0.15) is 75.2 Å². The van der Waals surface area contributed by atoms with Gasteiger partial charge < -0.3 is 18.9 Å². The zero-order valence-corrected chi connectivity index (χ0v) is 20.4. The topological polar surface area (TPSA) is 108 Å². The summed E-state index contributed by atoms with van der Waals surface area (Å²) in [5, 5.41) is 0. The Kier molecular flexibility index (Phi) is 10.2. The first-order valence-corrected chi connectivity index (χ1v) is 10.1. The van der Waals surface area contributed by atoms with Crippen molar-refractivity contribution in [3.8, 4) is 0 Å². The van der Waals surface area contributed by atoms with Crippen LogP contribution >= 0.6 is 0 Å². The molecule has 9 heteroatoms. The molecule has 0 fully saturated rings. The molecule has 0 aromatic rings. The van der Waals surface area contributed by atoms with Crippen molar-refractivity contribution < 1.29 is 38.1 Å². The van der Waals surface area contributed by atoms with Gasteiger partial charge in [-0.2, -0.15) is 4.90 Å². The second-order valence-corrected chi connectivity index (χ2v) is 9.88. The lowest BCUT2D eigenvalue weighted by atomic mass is 10.1. The van der Waals surface area contributed by atoms with Crippen LogP contribution in [0.15, 0.2) is 12.2 Å². The molecule has 0 aliphatic rings.